The van der Waals surface area contributed by atoms with Gasteiger partial charge in [0.15, 0.2) is 0 Å². The molecule has 1 aliphatic carbocycles. The summed E-state index contributed by atoms with van der Waals surface area (Å²) in [4.78, 5) is 25.0. The molecule has 0 saturated heterocycles. The Morgan fingerprint density at radius 3 is 2.29 bits per heavy atom. The van der Waals surface area contributed by atoms with Crippen molar-refractivity contribution in [1.82, 2.24) is 15.5 Å². The number of benzene rings is 1. The molecule has 1 aromatic rings. The van der Waals surface area contributed by atoms with Gasteiger partial charge in [-0.25, -0.2) is 9.59 Å². The first-order valence-electron chi connectivity index (χ1n) is 8.39. The van der Waals surface area contributed by atoms with E-state index in [0.717, 1.165) is 24.9 Å². The van der Waals surface area contributed by atoms with Crippen molar-refractivity contribution in [3.63, 3.8) is 0 Å². The smallest absolute Gasteiger partial charge is 0.335 e. The molecule has 0 unspecified atom stereocenters. The Balaban J connectivity index is 1.79. The molecule has 24 heavy (non-hydrogen) atoms. The standard InChI is InChI=1S/C18H27N3O3/c1-21(2)13-18(9-3-4-10-18)12-20-17(24)19-11-14-5-7-15(8-6-14)16(22)23/h5-8H,3-4,9-13H2,1-2H3,(H,22,23)(H2,19,20,24). The number of urea groups is 1. The monoisotopic (exact) mass is 333 g/mol. The van der Waals surface area contributed by atoms with Crippen LogP contribution < -0.4 is 10.6 Å². The number of carboxylic acids is 1. The van der Waals surface area contributed by atoms with Gasteiger partial charge in [-0.05, 0) is 44.6 Å². The Hall–Kier alpha value is -2.08. The number of nitrogens with one attached hydrogen (secondary N) is 2. The van der Waals surface area contributed by atoms with E-state index < -0.39 is 5.97 Å². The fourth-order valence-electron chi connectivity index (χ4n) is 3.46. The van der Waals surface area contributed by atoms with Crippen LogP contribution in [-0.2, 0) is 6.54 Å². The third-order valence-electron chi connectivity index (χ3n) is 4.59. The SMILES string of the molecule is CN(C)CC1(CNC(=O)NCc2ccc(C(=O)O)cc2)CCCC1. The van der Waals surface area contributed by atoms with E-state index in [-0.39, 0.29) is 17.0 Å². The van der Waals surface area contributed by atoms with Gasteiger partial charge < -0.3 is 20.6 Å². The summed E-state index contributed by atoms with van der Waals surface area (Å²) in [5.41, 5.74) is 1.30. The van der Waals surface area contributed by atoms with Crippen LogP contribution in [0.15, 0.2) is 24.3 Å². The maximum atomic E-state index is 12.0. The van der Waals surface area contributed by atoms with E-state index >= 15 is 0 Å². The zero-order valence-electron chi connectivity index (χ0n) is 14.5. The zero-order valence-corrected chi connectivity index (χ0v) is 14.5. The fourth-order valence-corrected chi connectivity index (χ4v) is 3.46. The van der Waals surface area contributed by atoms with E-state index in [9.17, 15) is 9.59 Å². The van der Waals surface area contributed by atoms with Crippen LogP contribution in [-0.4, -0.2) is 49.2 Å². The Morgan fingerprint density at radius 2 is 1.75 bits per heavy atom. The summed E-state index contributed by atoms with van der Waals surface area (Å²) in [6.07, 6.45) is 4.77. The molecule has 2 amide bonds. The Morgan fingerprint density at radius 1 is 1.12 bits per heavy atom. The summed E-state index contributed by atoms with van der Waals surface area (Å²) >= 11 is 0. The number of hydrogen-bond donors (Lipinski definition) is 3. The lowest BCUT2D eigenvalue weighted by Crippen LogP contribution is -2.45. The summed E-state index contributed by atoms with van der Waals surface area (Å²) in [5, 5.41) is 14.7. The molecule has 0 bridgehead atoms. The topological polar surface area (TPSA) is 81.7 Å². The van der Waals surface area contributed by atoms with Crippen molar-refractivity contribution >= 4 is 12.0 Å². The molecule has 3 N–H and O–H groups in total. The molecule has 132 valence electrons. The number of nitrogens with zero attached hydrogens (tertiary/aromatic N) is 1. The molecule has 0 atom stereocenters. The second kappa shape index (κ2) is 8.15. The summed E-state index contributed by atoms with van der Waals surface area (Å²) in [6.45, 7) is 2.06. The van der Waals surface area contributed by atoms with E-state index in [2.05, 4.69) is 29.6 Å². The number of carbonyl (C=O) groups excluding carboxylic acids is 1. The molecule has 0 spiro atoms. The van der Waals surface area contributed by atoms with Gasteiger partial charge in [-0.2, -0.15) is 0 Å². The van der Waals surface area contributed by atoms with Crippen LogP contribution in [0.3, 0.4) is 0 Å². The van der Waals surface area contributed by atoms with E-state index in [1.54, 1.807) is 24.3 Å². The van der Waals surface area contributed by atoms with Crippen molar-refractivity contribution in [2.24, 2.45) is 5.41 Å². The molecular weight excluding hydrogens is 306 g/mol. The molecule has 6 nitrogen and oxygen atoms in total. The number of aromatic carboxylic acids is 1. The lowest BCUT2D eigenvalue weighted by Gasteiger charge is -2.32. The lowest BCUT2D eigenvalue weighted by molar-refractivity contribution is 0.0697. The predicted octanol–water partition coefficient (Wildman–Crippen LogP) is 2.31. The second-order valence-electron chi connectivity index (χ2n) is 6.98. The third-order valence-corrected chi connectivity index (χ3v) is 4.59. The number of amides is 2. The fraction of sp³-hybridized carbons (Fsp3) is 0.556. The zero-order chi connectivity index (χ0) is 17.6. The number of carboxylic acid groups (broad SMARTS) is 1. The van der Waals surface area contributed by atoms with E-state index in [1.807, 2.05) is 0 Å². The summed E-state index contributed by atoms with van der Waals surface area (Å²) in [6, 6.07) is 6.34. The van der Waals surface area contributed by atoms with Crippen LogP contribution in [0.5, 0.6) is 0 Å². The lowest BCUT2D eigenvalue weighted by atomic mass is 9.85. The van der Waals surface area contributed by atoms with Crippen LogP contribution in [0.1, 0.15) is 41.6 Å². The number of carbonyl (C=O) groups is 2. The first-order chi connectivity index (χ1) is 11.4. The Kier molecular flexibility index (Phi) is 6.20. The van der Waals surface area contributed by atoms with Gasteiger partial charge in [-0.3, -0.25) is 0 Å². The van der Waals surface area contributed by atoms with Gasteiger partial charge in [0.05, 0.1) is 5.56 Å². The third kappa shape index (κ3) is 5.23. The van der Waals surface area contributed by atoms with Crippen LogP contribution >= 0.6 is 0 Å². The maximum Gasteiger partial charge on any atom is 0.335 e. The molecule has 1 saturated carbocycles. The van der Waals surface area contributed by atoms with Crippen LogP contribution in [0.2, 0.25) is 0 Å². The first kappa shape index (κ1) is 18.3. The van der Waals surface area contributed by atoms with Gasteiger partial charge >= 0.3 is 12.0 Å². The minimum Gasteiger partial charge on any atom is -0.478 e. The molecule has 6 heteroatoms. The molecule has 0 aromatic heterocycles. The van der Waals surface area contributed by atoms with Crippen molar-refractivity contribution in [2.45, 2.75) is 32.2 Å². The minimum absolute atomic E-state index is 0.178. The normalized spacial score (nSPS) is 16.1. The number of hydrogen-bond acceptors (Lipinski definition) is 3. The summed E-state index contributed by atoms with van der Waals surface area (Å²) in [5.74, 6) is -0.949. The highest BCUT2D eigenvalue weighted by Crippen LogP contribution is 2.37. The molecule has 0 heterocycles. The van der Waals surface area contributed by atoms with Gasteiger partial charge in [0.1, 0.15) is 0 Å². The van der Waals surface area contributed by atoms with Crippen molar-refractivity contribution in [3.05, 3.63) is 35.4 Å². The van der Waals surface area contributed by atoms with Crippen LogP contribution in [0.4, 0.5) is 4.79 Å². The summed E-state index contributed by atoms with van der Waals surface area (Å²) < 4.78 is 0. The average Bonchev–Trinajstić information content (AvgIpc) is 2.99. The van der Waals surface area contributed by atoms with Crippen LogP contribution in [0.25, 0.3) is 0 Å². The Bertz CT molecular complexity index is 563. The molecular formula is C18H27N3O3. The van der Waals surface area contributed by atoms with Crippen molar-refractivity contribution in [3.8, 4) is 0 Å². The van der Waals surface area contributed by atoms with E-state index in [1.165, 1.54) is 12.8 Å². The Labute approximate surface area is 143 Å². The first-order valence-corrected chi connectivity index (χ1v) is 8.39. The van der Waals surface area contributed by atoms with E-state index in [4.69, 9.17) is 5.11 Å². The van der Waals surface area contributed by atoms with Gasteiger partial charge in [0, 0.05) is 25.0 Å². The van der Waals surface area contributed by atoms with Gasteiger partial charge in [-0.1, -0.05) is 25.0 Å². The molecule has 0 radical (unpaired) electrons. The molecule has 1 aliphatic rings. The average molecular weight is 333 g/mol. The van der Waals surface area contributed by atoms with Crippen molar-refractivity contribution in [2.75, 3.05) is 27.2 Å². The highest BCUT2D eigenvalue weighted by molar-refractivity contribution is 5.87. The predicted molar refractivity (Wildman–Crippen MR) is 93.1 cm³/mol. The molecule has 0 aliphatic heterocycles. The second-order valence-corrected chi connectivity index (χ2v) is 6.98. The largest absolute Gasteiger partial charge is 0.478 e. The van der Waals surface area contributed by atoms with Crippen molar-refractivity contribution < 1.29 is 14.7 Å². The van der Waals surface area contributed by atoms with Crippen molar-refractivity contribution in [1.29, 1.82) is 0 Å². The number of rotatable bonds is 7. The molecule has 2 rings (SSSR count). The van der Waals surface area contributed by atoms with Gasteiger partial charge in [0.2, 0.25) is 0 Å². The van der Waals surface area contributed by atoms with E-state index in [0.29, 0.717) is 13.1 Å². The maximum absolute atomic E-state index is 12.0. The molecule has 1 fully saturated rings. The van der Waals surface area contributed by atoms with Gasteiger partial charge in [-0.15, -0.1) is 0 Å². The molecule has 1 aromatic carbocycles. The summed E-state index contributed by atoms with van der Waals surface area (Å²) in [7, 11) is 4.14. The highest BCUT2D eigenvalue weighted by atomic mass is 16.4. The quantitative estimate of drug-likeness (QED) is 0.715. The van der Waals surface area contributed by atoms with Gasteiger partial charge in [0.25, 0.3) is 0 Å². The highest BCUT2D eigenvalue weighted by Gasteiger charge is 2.34. The minimum atomic E-state index is -0.949. The van der Waals surface area contributed by atoms with Crippen LogP contribution in [0, 0.1) is 5.41 Å².